The van der Waals surface area contributed by atoms with Gasteiger partial charge in [-0.05, 0) is 43.9 Å². The molecule has 2 aromatic rings. The fourth-order valence-electron chi connectivity index (χ4n) is 2.77. The smallest absolute Gasteiger partial charge is 0.0708 e. The maximum atomic E-state index is 4.59. The molecule has 98 valence electrons. The lowest BCUT2D eigenvalue weighted by atomic mass is 10.0. The summed E-state index contributed by atoms with van der Waals surface area (Å²) in [5, 5.41) is 4.95. The van der Waals surface area contributed by atoms with Gasteiger partial charge in [0.1, 0.15) is 0 Å². The molecule has 1 aliphatic rings. The van der Waals surface area contributed by atoms with E-state index in [9.17, 15) is 0 Å². The largest absolute Gasteiger partial charge is 0.310 e. The van der Waals surface area contributed by atoms with Gasteiger partial charge in [0.15, 0.2) is 0 Å². The van der Waals surface area contributed by atoms with E-state index in [-0.39, 0.29) is 0 Å². The van der Waals surface area contributed by atoms with E-state index >= 15 is 0 Å². The predicted octanol–water partition coefficient (Wildman–Crippen LogP) is 3.74. The predicted molar refractivity (Wildman–Crippen MR) is 80.1 cm³/mol. The lowest BCUT2D eigenvalue weighted by Gasteiger charge is -2.20. The van der Waals surface area contributed by atoms with E-state index < -0.39 is 0 Å². The molecule has 1 aromatic heterocycles. The van der Waals surface area contributed by atoms with Crippen molar-refractivity contribution in [3.05, 3.63) is 53.7 Å². The number of nitrogens with zero attached hydrogens (tertiary/aromatic N) is 1. The quantitative estimate of drug-likeness (QED) is 0.842. The number of aromatic nitrogens is 1. The summed E-state index contributed by atoms with van der Waals surface area (Å²) in [7, 11) is 0. The lowest BCUT2D eigenvalue weighted by molar-refractivity contribution is 0.475. The van der Waals surface area contributed by atoms with Gasteiger partial charge >= 0.3 is 0 Å². The van der Waals surface area contributed by atoms with Crippen molar-refractivity contribution >= 4 is 10.9 Å². The van der Waals surface area contributed by atoms with Gasteiger partial charge in [0.05, 0.1) is 5.52 Å². The summed E-state index contributed by atoms with van der Waals surface area (Å²) in [6, 6.07) is 11.2. The summed E-state index contributed by atoms with van der Waals surface area (Å²) in [5.41, 5.74) is 3.56. The molecule has 1 atom stereocenters. The van der Waals surface area contributed by atoms with Crippen LogP contribution in [0.15, 0.2) is 42.5 Å². The monoisotopic (exact) mass is 252 g/mol. The number of aryl methyl sites for hydroxylation is 1. The molecule has 0 aliphatic heterocycles. The van der Waals surface area contributed by atoms with E-state index in [1.54, 1.807) is 0 Å². The van der Waals surface area contributed by atoms with Gasteiger partial charge < -0.3 is 5.32 Å². The van der Waals surface area contributed by atoms with Crippen LogP contribution in [-0.2, 0) is 6.54 Å². The Bertz CT molecular complexity index is 601. The van der Waals surface area contributed by atoms with Crippen molar-refractivity contribution in [2.45, 2.75) is 38.8 Å². The summed E-state index contributed by atoms with van der Waals surface area (Å²) in [6.07, 6.45) is 8.18. The van der Waals surface area contributed by atoms with Gasteiger partial charge in [-0.2, -0.15) is 0 Å². The maximum Gasteiger partial charge on any atom is 0.0708 e. The first kappa shape index (κ1) is 12.4. The van der Waals surface area contributed by atoms with Crippen molar-refractivity contribution in [3.63, 3.8) is 0 Å². The van der Waals surface area contributed by atoms with Gasteiger partial charge in [-0.25, -0.2) is 0 Å². The Morgan fingerprint density at radius 1 is 1.26 bits per heavy atom. The maximum absolute atomic E-state index is 4.59. The Morgan fingerprint density at radius 3 is 3.00 bits per heavy atom. The van der Waals surface area contributed by atoms with Crippen molar-refractivity contribution in [2.75, 3.05) is 0 Å². The number of hydrogen-bond donors (Lipinski definition) is 1. The summed E-state index contributed by atoms with van der Waals surface area (Å²) < 4.78 is 0. The number of allylic oxidation sites excluding steroid dienone is 1. The van der Waals surface area contributed by atoms with Gasteiger partial charge in [-0.15, -0.1) is 0 Å². The van der Waals surface area contributed by atoms with Crippen LogP contribution in [0, 0.1) is 6.92 Å². The minimum absolute atomic E-state index is 0.622. The van der Waals surface area contributed by atoms with Crippen molar-refractivity contribution in [3.8, 4) is 0 Å². The molecule has 1 unspecified atom stereocenters. The van der Waals surface area contributed by atoms with E-state index in [4.69, 9.17) is 0 Å². The molecule has 2 nitrogen and oxygen atoms in total. The normalized spacial score (nSPS) is 18.9. The fraction of sp³-hybridized carbons (Fsp3) is 0.353. The van der Waals surface area contributed by atoms with Crippen molar-refractivity contribution in [1.29, 1.82) is 0 Å². The molecule has 3 rings (SSSR count). The number of nitrogens with one attached hydrogen (secondary N) is 1. The number of hydrogen-bond acceptors (Lipinski definition) is 2. The van der Waals surface area contributed by atoms with Gasteiger partial charge in [0.2, 0.25) is 0 Å². The second kappa shape index (κ2) is 5.54. The highest BCUT2D eigenvalue weighted by Gasteiger charge is 2.10. The molecule has 0 radical (unpaired) electrons. The number of fused-ring (bicyclic) bond motifs is 1. The van der Waals surface area contributed by atoms with Gasteiger partial charge in [-0.3, -0.25) is 4.98 Å². The Kier molecular flexibility index (Phi) is 3.60. The molecule has 1 aliphatic carbocycles. The molecule has 0 saturated heterocycles. The Labute approximate surface area is 114 Å². The third kappa shape index (κ3) is 2.85. The standard InChI is InChI=1S/C17H20N2/c1-13-11-14(12-18-15-7-3-2-4-8-15)16-9-5-6-10-17(16)19-13/h2-3,5-6,9-11,15,18H,4,7-8,12H2,1H3. The minimum Gasteiger partial charge on any atom is -0.310 e. The first-order valence-corrected chi connectivity index (χ1v) is 7.06. The topological polar surface area (TPSA) is 24.9 Å². The van der Waals surface area contributed by atoms with Gasteiger partial charge in [0.25, 0.3) is 0 Å². The van der Waals surface area contributed by atoms with Crippen LogP contribution < -0.4 is 5.32 Å². The molecule has 1 N–H and O–H groups in total. The highest BCUT2D eigenvalue weighted by atomic mass is 14.9. The fourth-order valence-corrected chi connectivity index (χ4v) is 2.77. The third-order valence-corrected chi connectivity index (χ3v) is 3.78. The van der Waals surface area contributed by atoms with Crippen LogP contribution in [0.25, 0.3) is 10.9 Å². The molecule has 1 aromatic carbocycles. The van der Waals surface area contributed by atoms with Crippen LogP contribution in [0.2, 0.25) is 0 Å². The molecule has 0 amide bonds. The molecule has 2 heteroatoms. The summed E-state index contributed by atoms with van der Waals surface area (Å²) in [6.45, 7) is 3.00. The van der Waals surface area contributed by atoms with Crippen LogP contribution in [0.1, 0.15) is 30.5 Å². The van der Waals surface area contributed by atoms with E-state index in [1.807, 2.05) is 0 Å². The van der Waals surface area contributed by atoms with Crippen LogP contribution in [0.5, 0.6) is 0 Å². The molecule has 1 heterocycles. The highest BCUT2D eigenvalue weighted by molar-refractivity contribution is 5.82. The van der Waals surface area contributed by atoms with E-state index in [0.29, 0.717) is 6.04 Å². The highest BCUT2D eigenvalue weighted by Crippen LogP contribution is 2.19. The number of rotatable bonds is 3. The second-order valence-electron chi connectivity index (χ2n) is 5.30. The minimum atomic E-state index is 0.622. The van der Waals surface area contributed by atoms with Crippen LogP contribution in [-0.4, -0.2) is 11.0 Å². The molecule has 19 heavy (non-hydrogen) atoms. The number of pyridine rings is 1. The zero-order valence-corrected chi connectivity index (χ0v) is 11.4. The molecular weight excluding hydrogens is 232 g/mol. The Morgan fingerprint density at radius 2 is 2.16 bits per heavy atom. The van der Waals surface area contributed by atoms with E-state index in [1.165, 1.54) is 23.8 Å². The van der Waals surface area contributed by atoms with Gasteiger partial charge in [-0.1, -0.05) is 30.4 Å². The molecular formula is C17H20N2. The first-order valence-electron chi connectivity index (χ1n) is 7.06. The molecule has 0 spiro atoms. The van der Waals surface area contributed by atoms with Crippen molar-refractivity contribution in [2.24, 2.45) is 0 Å². The summed E-state index contributed by atoms with van der Waals surface area (Å²) in [4.78, 5) is 4.59. The number of para-hydroxylation sites is 1. The first-order chi connectivity index (χ1) is 9.33. The van der Waals surface area contributed by atoms with Crippen LogP contribution in [0.3, 0.4) is 0 Å². The molecule has 0 fully saturated rings. The third-order valence-electron chi connectivity index (χ3n) is 3.78. The molecule has 0 saturated carbocycles. The summed E-state index contributed by atoms with van der Waals surface area (Å²) >= 11 is 0. The SMILES string of the molecule is Cc1cc(CNC2CC=CCC2)c2ccccc2n1. The van der Waals surface area contributed by atoms with Crippen molar-refractivity contribution < 1.29 is 0 Å². The Balaban J connectivity index is 1.81. The van der Waals surface area contributed by atoms with E-state index in [0.717, 1.165) is 24.2 Å². The summed E-state index contributed by atoms with van der Waals surface area (Å²) in [5.74, 6) is 0. The second-order valence-corrected chi connectivity index (χ2v) is 5.30. The zero-order chi connectivity index (χ0) is 13.1. The van der Waals surface area contributed by atoms with Crippen molar-refractivity contribution in [1.82, 2.24) is 10.3 Å². The van der Waals surface area contributed by atoms with Crippen LogP contribution >= 0.6 is 0 Å². The average Bonchev–Trinajstić information content (AvgIpc) is 2.45. The number of benzene rings is 1. The molecule has 0 bridgehead atoms. The zero-order valence-electron chi connectivity index (χ0n) is 11.4. The lowest BCUT2D eigenvalue weighted by Crippen LogP contribution is -2.29. The van der Waals surface area contributed by atoms with Crippen LogP contribution in [0.4, 0.5) is 0 Å². The Hall–Kier alpha value is -1.67. The average molecular weight is 252 g/mol. The van der Waals surface area contributed by atoms with Gasteiger partial charge in [0, 0.05) is 23.7 Å². The van der Waals surface area contributed by atoms with E-state index in [2.05, 4.69) is 59.7 Å².